The van der Waals surface area contributed by atoms with Crippen LogP contribution in [0.25, 0.3) is 0 Å². The highest BCUT2D eigenvalue weighted by Crippen LogP contribution is 2.43. The quantitative estimate of drug-likeness (QED) is 0.605. The lowest BCUT2D eigenvalue weighted by Crippen LogP contribution is -2.41. The van der Waals surface area contributed by atoms with Gasteiger partial charge in [0.15, 0.2) is 5.96 Å². The molecule has 1 N–H and O–H groups in total. The highest BCUT2D eigenvalue weighted by Gasteiger charge is 2.40. The van der Waals surface area contributed by atoms with Crippen LogP contribution in [0.3, 0.4) is 0 Å². The molecule has 1 aliphatic heterocycles. The number of ether oxygens (including phenoxy) is 1. The highest BCUT2D eigenvalue weighted by atomic mass is 19.1. The number of hydrogen-bond donors (Lipinski definition) is 1. The number of halogens is 2. The minimum Gasteiger partial charge on any atom is -0.384 e. The number of hydrogen-bond acceptors (Lipinski definition) is 2. The summed E-state index contributed by atoms with van der Waals surface area (Å²) in [6.45, 7) is 5.81. The molecule has 1 unspecified atom stereocenters. The maximum Gasteiger partial charge on any atom is 0.193 e. The average Bonchev–Trinajstić information content (AvgIpc) is 3.29. The van der Waals surface area contributed by atoms with Gasteiger partial charge in [0.05, 0.1) is 13.2 Å². The summed E-state index contributed by atoms with van der Waals surface area (Å²) in [5.41, 5.74) is -0.317. The highest BCUT2D eigenvalue weighted by molar-refractivity contribution is 5.80. The van der Waals surface area contributed by atoms with Crippen molar-refractivity contribution in [2.45, 2.75) is 44.4 Å². The van der Waals surface area contributed by atoms with Gasteiger partial charge in [0.2, 0.25) is 0 Å². The fraction of sp³-hybridized carbons (Fsp3) is 0.667. The summed E-state index contributed by atoms with van der Waals surface area (Å²) in [7, 11) is 1.73. The third kappa shape index (κ3) is 4.42. The van der Waals surface area contributed by atoms with E-state index in [1.54, 1.807) is 7.11 Å². The number of aliphatic imine (C=N–C) groups is 1. The summed E-state index contributed by atoms with van der Waals surface area (Å²) < 4.78 is 34.3. The van der Waals surface area contributed by atoms with E-state index in [1.165, 1.54) is 18.2 Å². The largest absolute Gasteiger partial charge is 0.384 e. The molecule has 1 saturated heterocycles. The van der Waals surface area contributed by atoms with Gasteiger partial charge in [-0.3, -0.25) is 4.99 Å². The smallest absolute Gasteiger partial charge is 0.193 e. The SMILES string of the molecule is CCNC(=NCC1(c2c(F)cccc2F)CCCC1)N1CCC(COC)C1. The van der Waals surface area contributed by atoms with Gasteiger partial charge in [-0.15, -0.1) is 0 Å². The molecule has 0 aromatic heterocycles. The first-order valence-corrected chi connectivity index (χ1v) is 10.1. The molecule has 0 radical (unpaired) electrons. The number of nitrogens with zero attached hydrogens (tertiary/aromatic N) is 2. The van der Waals surface area contributed by atoms with E-state index < -0.39 is 17.0 Å². The van der Waals surface area contributed by atoms with Crippen molar-refractivity contribution in [1.82, 2.24) is 10.2 Å². The Morgan fingerprint density at radius 3 is 2.63 bits per heavy atom. The summed E-state index contributed by atoms with van der Waals surface area (Å²) in [6, 6.07) is 4.16. The second-order valence-electron chi connectivity index (χ2n) is 7.81. The van der Waals surface area contributed by atoms with Crippen molar-refractivity contribution in [1.29, 1.82) is 0 Å². The summed E-state index contributed by atoms with van der Waals surface area (Å²) in [5, 5.41) is 3.36. The molecule has 4 nitrogen and oxygen atoms in total. The molecular formula is C21H31F2N3O. The lowest BCUT2D eigenvalue weighted by Gasteiger charge is -2.30. The van der Waals surface area contributed by atoms with Crippen LogP contribution in [0.1, 0.15) is 44.6 Å². The fourth-order valence-electron chi connectivity index (χ4n) is 4.59. The summed E-state index contributed by atoms with van der Waals surface area (Å²) in [6.07, 6.45) is 4.60. The van der Waals surface area contributed by atoms with Crippen molar-refractivity contribution in [3.05, 3.63) is 35.4 Å². The van der Waals surface area contributed by atoms with E-state index in [-0.39, 0.29) is 5.56 Å². The lowest BCUT2D eigenvalue weighted by molar-refractivity contribution is 0.157. The molecule has 0 bridgehead atoms. The fourth-order valence-corrected chi connectivity index (χ4v) is 4.59. The molecule has 6 heteroatoms. The zero-order valence-corrected chi connectivity index (χ0v) is 16.4. The summed E-state index contributed by atoms with van der Waals surface area (Å²) >= 11 is 0. The third-order valence-corrected chi connectivity index (χ3v) is 5.91. The van der Waals surface area contributed by atoms with Crippen LogP contribution in [0.15, 0.2) is 23.2 Å². The first-order chi connectivity index (χ1) is 13.1. The molecule has 2 fully saturated rings. The van der Waals surface area contributed by atoms with Crippen molar-refractivity contribution in [3.63, 3.8) is 0 Å². The van der Waals surface area contributed by atoms with Gasteiger partial charge in [-0.1, -0.05) is 18.9 Å². The van der Waals surface area contributed by atoms with Crippen LogP contribution in [0, 0.1) is 17.6 Å². The number of benzene rings is 1. The van der Waals surface area contributed by atoms with Crippen LogP contribution in [0.5, 0.6) is 0 Å². The van der Waals surface area contributed by atoms with Gasteiger partial charge in [-0.05, 0) is 38.3 Å². The van der Waals surface area contributed by atoms with Crippen LogP contribution in [-0.4, -0.2) is 50.8 Å². The Balaban J connectivity index is 1.82. The first kappa shape index (κ1) is 20.1. The second-order valence-corrected chi connectivity index (χ2v) is 7.81. The zero-order chi connectivity index (χ0) is 19.3. The van der Waals surface area contributed by atoms with E-state index in [2.05, 4.69) is 10.2 Å². The minimum atomic E-state index is -0.540. The third-order valence-electron chi connectivity index (χ3n) is 5.91. The molecule has 0 spiro atoms. The molecule has 1 aromatic carbocycles. The number of methoxy groups -OCH3 is 1. The molecule has 150 valence electrons. The number of nitrogens with one attached hydrogen (secondary N) is 1. The molecule has 0 amide bonds. The van der Waals surface area contributed by atoms with Gasteiger partial charge in [-0.25, -0.2) is 8.78 Å². The zero-order valence-electron chi connectivity index (χ0n) is 16.4. The molecule has 3 rings (SSSR count). The van der Waals surface area contributed by atoms with Crippen molar-refractivity contribution in [3.8, 4) is 0 Å². The average molecular weight is 379 g/mol. The van der Waals surface area contributed by atoms with Crippen molar-refractivity contribution >= 4 is 5.96 Å². The molecule has 1 aromatic rings. The van der Waals surface area contributed by atoms with Crippen LogP contribution < -0.4 is 5.32 Å². The van der Waals surface area contributed by atoms with E-state index >= 15 is 0 Å². The van der Waals surface area contributed by atoms with Gasteiger partial charge in [0.25, 0.3) is 0 Å². The predicted octanol–water partition coefficient (Wildman–Crippen LogP) is 3.71. The Morgan fingerprint density at radius 1 is 1.30 bits per heavy atom. The molecule has 27 heavy (non-hydrogen) atoms. The Morgan fingerprint density at radius 2 is 2.00 bits per heavy atom. The lowest BCUT2D eigenvalue weighted by atomic mass is 9.78. The van der Waals surface area contributed by atoms with E-state index in [1.807, 2.05) is 6.92 Å². The molecule has 1 saturated carbocycles. The van der Waals surface area contributed by atoms with Crippen molar-refractivity contribution in [2.24, 2.45) is 10.9 Å². The standard InChI is InChI=1S/C21H31F2N3O/c1-3-24-20(26-12-9-16(13-26)14-27-2)25-15-21(10-4-5-11-21)19-17(22)7-6-8-18(19)23/h6-8,16H,3-5,9-15H2,1-2H3,(H,24,25). The van der Waals surface area contributed by atoms with Gasteiger partial charge in [0.1, 0.15) is 11.6 Å². The summed E-state index contributed by atoms with van der Waals surface area (Å²) in [5.74, 6) is 0.458. The number of rotatable bonds is 6. The van der Waals surface area contributed by atoms with Crippen LogP contribution >= 0.6 is 0 Å². The van der Waals surface area contributed by atoms with Crippen LogP contribution in [0.2, 0.25) is 0 Å². The van der Waals surface area contributed by atoms with Gasteiger partial charge >= 0.3 is 0 Å². The molecule has 2 aliphatic rings. The Kier molecular flexibility index (Phi) is 6.68. The van der Waals surface area contributed by atoms with Gasteiger partial charge in [-0.2, -0.15) is 0 Å². The first-order valence-electron chi connectivity index (χ1n) is 10.1. The number of guanidine groups is 1. The monoisotopic (exact) mass is 379 g/mol. The normalized spacial score (nSPS) is 22.4. The predicted molar refractivity (Wildman–Crippen MR) is 104 cm³/mol. The van der Waals surface area contributed by atoms with Crippen molar-refractivity contribution in [2.75, 3.05) is 39.9 Å². The Labute approximate surface area is 161 Å². The molecule has 1 heterocycles. The molecular weight excluding hydrogens is 348 g/mol. The molecule has 1 aliphatic carbocycles. The van der Waals surface area contributed by atoms with E-state index in [0.717, 1.165) is 64.3 Å². The van der Waals surface area contributed by atoms with E-state index in [9.17, 15) is 8.78 Å². The maximum absolute atomic E-state index is 14.5. The number of likely N-dealkylation sites (tertiary alicyclic amines) is 1. The van der Waals surface area contributed by atoms with Gasteiger partial charge < -0.3 is 15.0 Å². The molecule has 1 atom stereocenters. The van der Waals surface area contributed by atoms with E-state index in [0.29, 0.717) is 12.5 Å². The van der Waals surface area contributed by atoms with Crippen molar-refractivity contribution < 1.29 is 13.5 Å². The maximum atomic E-state index is 14.5. The van der Waals surface area contributed by atoms with E-state index in [4.69, 9.17) is 9.73 Å². The van der Waals surface area contributed by atoms with Gasteiger partial charge in [0, 0.05) is 43.6 Å². The van der Waals surface area contributed by atoms with Crippen LogP contribution in [0.4, 0.5) is 8.78 Å². The summed E-state index contributed by atoms with van der Waals surface area (Å²) in [4.78, 5) is 7.10. The Hall–Kier alpha value is -1.69. The Bertz CT molecular complexity index is 639. The topological polar surface area (TPSA) is 36.9 Å². The van der Waals surface area contributed by atoms with Crippen LogP contribution in [-0.2, 0) is 10.2 Å². The minimum absolute atomic E-state index is 0.223. The second kappa shape index (κ2) is 9.00.